The molecule has 0 spiro atoms. The Bertz CT molecular complexity index is 118. The van der Waals surface area contributed by atoms with Crippen molar-refractivity contribution in [1.82, 2.24) is 0 Å². The summed E-state index contributed by atoms with van der Waals surface area (Å²) in [5.41, 5.74) is 5.70. The number of aldehydes is 1. The van der Waals surface area contributed by atoms with Crippen LogP contribution < -0.4 is 5.73 Å². The predicted molar refractivity (Wildman–Crippen MR) is 43.8 cm³/mol. The standard InChI is InChI=1S/C7H13NOS/c8-7-3-1-2-6(4-9)5-10-7/h4,6-7H,1-3,5,8H2. The van der Waals surface area contributed by atoms with Gasteiger partial charge in [-0.25, -0.2) is 0 Å². The van der Waals surface area contributed by atoms with E-state index >= 15 is 0 Å². The van der Waals surface area contributed by atoms with Crippen LogP contribution >= 0.6 is 11.8 Å². The van der Waals surface area contributed by atoms with E-state index in [1.165, 1.54) is 0 Å². The molecular formula is C7H13NOS. The third kappa shape index (κ3) is 2.31. The first-order valence-electron chi connectivity index (χ1n) is 3.65. The van der Waals surface area contributed by atoms with Crippen molar-refractivity contribution in [2.75, 3.05) is 5.75 Å². The van der Waals surface area contributed by atoms with E-state index in [1.807, 2.05) is 0 Å². The molecule has 58 valence electrons. The lowest BCUT2D eigenvalue weighted by Gasteiger charge is -2.05. The SMILES string of the molecule is NC1CCCC(C=O)CS1. The zero-order valence-corrected chi connectivity index (χ0v) is 6.77. The Morgan fingerprint density at radius 2 is 2.30 bits per heavy atom. The van der Waals surface area contributed by atoms with Crippen molar-refractivity contribution in [3.05, 3.63) is 0 Å². The molecular weight excluding hydrogens is 146 g/mol. The van der Waals surface area contributed by atoms with Gasteiger partial charge < -0.3 is 10.5 Å². The van der Waals surface area contributed by atoms with Crippen LogP contribution in [0, 0.1) is 5.92 Å². The van der Waals surface area contributed by atoms with Crippen LogP contribution in [-0.2, 0) is 4.79 Å². The van der Waals surface area contributed by atoms with E-state index in [1.54, 1.807) is 11.8 Å². The summed E-state index contributed by atoms with van der Waals surface area (Å²) in [4.78, 5) is 10.4. The van der Waals surface area contributed by atoms with Gasteiger partial charge in [0.25, 0.3) is 0 Å². The van der Waals surface area contributed by atoms with Crippen LogP contribution in [0.3, 0.4) is 0 Å². The Balaban J connectivity index is 2.32. The molecule has 1 rings (SSSR count). The van der Waals surface area contributed by atoms with Crippen LogP contribution in [0.5, 0.6) is 0 Å². The molecule has 2 nitrogen and oxygen atoms in total. The lowest BCUT2D eigenvalue weighted by atomic mass is 10.1. The lowest BCUT2D eigenvalue weighted by molar-refractivity contribution is -0.110. The molecule has 1 aliphatic heterocycles. The van der Waals surface area contributed by atoms with Crippen LogP contribution in [0.4, 0.5) is 0 Å². The first-order chi connectivity index (χ1) is 4.83. The first kappa shape index (κ1) is 8.08. The van der Waals surface area contributed by atoms with E-state index in [0.717, 1.165) is 31.3 Å². The van der Waals surface area contributed by atoms with Gasteiger partial charge in [-0.05, 0) is 12.8 Å². The highest BCUT2D eigenvalue weighted by Gasteiger charge is 2.15. The Morgan fingerprint density at radius 1 is 1.50 bits per heavy atom. The van der Waals surface area contributed by atoms with Crippen LogP contribution in [0.2, 0.25) is 0 Å². The Kier molecular flexibility index (Phi) is 3.22. The Labute approximate surface area is 65.5 Å². The minimum Gasteiger partial charge on any atom is -0.319 e. The summed E-state index contributed by atoms with van der Waals surface area (Å²) in [7, 11) is 0. The van der Waals surface area contributed by atoms with Gasteiger partial charge in [0, 0.05) is 11.7 Å². The van der Waals surface area contributed by atoms with Crippen LogP contribution in [0.15, 0.2) is 0 Å². The van der Waals surface area contributed by atoms with Crippen molar-refractivity contribution in [2.45, 2.75) is 24.6 Å². The average molecular weight is 159 g/mol. The lowest BCUT2D eigenvalue weighted by Crippen LogP contribution is -2.14. The highest BCUT2D eigenvalue weighted by molar-refractivity contribution is 7.99. The van der Waals surface area contributed by atoms with Gasteiger partial charge in [0.1, 0.15) is 6.29 Å². The summed E-state index contributed by atoms with van der Waals surface area (Å²) in [6, 6.07) is 0. The smallest absolute Gasteiger partial charge is 0.123 e. The second kappa shape index (κ2) is 3.98. The molecule has 0 amide bonds. The summed E-state index contributed by atoms with van der Waals surface area (Å²) < 4.78 is 0. The van der Waals surface area contributed by atoms with E-state index in [9.17, 15) is 4.79 Å². The van der Waals surface area contributed by atoms with Crippen molar-refractivity contribution in [1.29, 1.82) is 0 Å². The molecule has 3 heteroatoms. The van der Waals surface area contributed by atoms with Gasteiger partial charge in [0.2, 0.25) is 0 Å². The van der Waals surface area contributed by atoms with E-state index in [-0.39, 0.29) is 11.3 Å². The van der Waals surface area contributed by atoms with Gasteiger partial charge in [-0.1, -0.05) is 6.42 Å². The van der Waals surface area contributed by atoms with Gasteiger partial charge in [-0.3, -0.25) is 0 Å². The number of rotatable bonds is 1. The molecule has 0 bridgehead atoms. The fourth-order valence-electron chi connectivity index (χ4n) is 1.10. The molecule has 2 N–H and O–H groups in total. The third-order valence-corrected chi connectivity index (χ3v) is 3.06. The zero-order chi connectivity index (χ0) is 7.40. The summed E-state index contributed by atoms with van der Waals surface area (Å²) in [6.07, 6.45) is 4.27. The Hall–Kier alpha value is -0.0200. The number of thioether (sulfide) groups is 1. The molecule has 0 aromatic heterocycles. The highest BCUT2D eigenvalue weighted by atomic mass is 32.2. The maximum Gasteiger partial charge on any atom is 0.123 e. The quantitative estimate of drug-likeness (QED) is 0.580. The van der Waals surface area contributed by atoms with Crippen molar-refractivity contribution in [2.24, 2.45) is 11.7 Å². The molecule has 0 aromatic rings. The van der Waals surface area contributed by atoms with Gasteiger partial charge >= 0.3 is 0 Å². The molecule has 0 aromatic carbocycles. The fraction of sp³-hybridized carbons (Fsp3) is 0.857. The monoisotopic (exact) mass is 159 g/mol. The molecule has 10 heavy (non-hydrogen) atoms. The number of carbonyl (C=O) groups excluding carboxylic acids is 1. The predicted octanol–water partition coefficient (Wildman–Crippen LogP) is 1.00. The van der Waals surface area contributed by atoms with Crippen LogP contribution in [0.25, 0.3) is 0 Å². The molecule has 2 atom stereocenters. The molecule has 0 radical (unpaired) electrons. The average Bonchev–Trinajstić information content (AvgIpc) is 2.14. The van der Waals surface area contributed by atoms with Crippen molar-refractivity contribution < 1.29 is 4.79 Å². The molecule has 1 saturated heterocycles. The van der Waals surface area contributed by atoms with Crippen molar-refractivity contribution >= 4 is 18.0 Å². The molecule has 1 heterocycles. The second-order valence-corrected chi connectivity index (χ2v) is 3.97. The topological polar surface area (TPSA) is 43.1 Å². The van der Waals surface area contributed by atoms with E-state index < -0.39 is 0 Å². The molecule has 1 aliphatic rings. The van der Waals surface area contributed by atoms with Crippen LogP contribution in [-0.4, -0.2) is 17.4 Å². The summed E-state index contributed by atoms with van der Waals surface area (Å²) in [5.74, 6) is 1.18. The summed E-state index contributed by atoms with van der Waals surface area (Å²) >= 11 is 1.72. The van der Waals surface area contributed by atoms with E-state index in [0.29, 0.717) is 0 Å². The highest BCUT2D eigenvalue weighted by Crippen LogP contribution is 2.23. The minimum absolute atomic E-state index is 0.263. The molecule has 0 saturated carbocycles. The first-order valence-corrected chi connectivity index (χ1v) is 4.70. The van der Waals surface area contributed by atoms with Crippen LogP contribution in [0.1, 0.15) is 19.3 Å². The number of nitrogens with two attached hydrogens (primary N) is 1. The van der Waals surface area contributed by atoms with Gasteiger partial charge in [0.05, 0.1) is 5.37 Å². The van der Waals surface area contributed by atoms with Gasteiger partial charge in [-0.2, -0.15) is 0 Å². The maximum atomic E-state index is 10.4. The minimum atomic E-state index is 0.263. The number of hydrogen-bond acceptors (Lipinski definition) is 3. The zero-order valence-electron chi connectivity index (χ0n) is 5.95. The second-order valence-electron chi connectivity index (χ2n) is 2.70. The van der Waals surface area contributed by atoms with Gasteiger partial charge in [0.15, 0.2) is 0 Å². The number of hydrogen-bond donors (Lipinski definition) is 1. The summed E-state index contributed by atoms with van der Waals surface area (Å²) in [5, 5.41) is 0.268. The number of carbonyl (C=O) groups is 1. The molecule has 1 fully saturated rings. The largest absolute Gasteiger partial charge is 0.319 e. The Morgan fingerprint density at radius 3 is 3.00 bits per heavy atom. The molecule has 0 aliphatic carbocycles. The van der Waals surface area contributed by atoms with Gasteiger partial charge in [-0.15, -0.1) is 11.8 Å². The third-order valence-electron chi connectivity index (χ3n) is 1.78. The molecule has 2 unspecified atom stereocenters. The summed E-state index contributed by atoms with van der Waals surface area (Å²) in [6.45, 7) is 0. The normalized spacial score (nSPS) is 34.9. The maximum absolute atomic E-state index is 10.4. The van der Waals surface area contributed by atoms with Crippen molar-refractivity contribution in [3.63, 3.8) is 0 Å². The van der Waals surface area contributed by atoms with E-state index in [4.69, 9.17) is 5.73 Å². The van der Waals surface area contributed by atoms with Crippen molar-refractivity contribution in [3.8, 4) is 0 Å². The van der Waals surface area contributed by atoms with E-state index in [2.05, 4.69) is 0 Å². The fourth-order valence-corrected chi connectivity index (χ4v) is 2.18.